The van der Waals surface area contributed by atoms with Crippen LogP contribution in [0.4, 0.5) is 18.9 Å². The monoisotopic (exact) mass is 596 g/mol. The molecule has 3 N–H and O–H groups in total. The van der Waals surface area contributed by atoms with Crippen molar-refractivity contribution in [2.45, 2.75) is 48.4 Å². The Balaban J connectivity index is 1.30. The van der Waals surface area contributed by atoms with E-state index in [0.29, 0.717) is 25.0 Å². The number of anilines is 1. The van der Waals surface area contributed by atoms with Gasteiger partial charge in [0.15, 0.2) is 27.3 Å². The van der Waals surface area contributed by atoms with Gasteiger partial charge in [0.05, 0.1) is 20.8 Å². The van der Waals surface area contributed by atoms with E-state index >= 15 is 0 Å². The molecule has 0 aliphatic heterocycles. The largest absolute Gasteiger partial charge is 0.387 e. The van der Waals surface area contributed by atoms with Crippen molar-refractivity contribution in [3.8, 4) is 0 Å². The smallest absolute Gasteiger partial charge is 0.255 e. The maximum atomic E-state index is 13.7. The average Bonchev–Trinajstić information content (AvgIpc) is 3.46. The molecule has 2 aromatic rings. The van der Waals surface area contributed by atoms with E-state index in [4.69, 9.17) is 11.6 Å². The number of hydrogen-bond donors (Lipinski definition) is 3. The van der Waals surface area contributed by atoms with Crippen LogP contribution in [0.25, 0.3) is 0 Å². The van der Waals surface area contributed by atoms with Gasteiger partial charge in [-0.3, -0.25) is 9.59 Å². The van der Waals surface area contributed by atoms with Crippen LogP contribution in [0.1, 0.15) is 43.0 Å². The molecular formula is C28H28ClF3N2O5S. The first-order chi connectivity index (χ1) is 18.8. The number of nitrogens with one attached hydrogen (secondary N) is 2. The molecule has 0 spiro atoms. The van der Waals surface area contributed by atoms with Crippen LogP contribution < -0.4 is 10.6 Å². The maximum absolute atomic E-state index is 13.7. The van der Waals surface area contributed by atoms with Gasteiger partial charge in [-0.2, -0.15) is 0 Å². The quantitative estimate of drug-likeness (QED) is 0.318. The summed E-state index contributed by atoms with van der Waals surface area (Å²) in [4.78, 5) is 24.9. The summed E-state index contributed by atoms with van der Waals surface area (Å²) < 4.78 is 67.7. The third-order valence-electron chi connectivity index (χ3n) is 8.69. The minimum absolute atomic E-state index is 0.0514. The first-order valence-corrected chi connectivity index (χ1v) is 14.9. The summed E-state index contributed by atoms with van der Waals surface area (Å²) in [5.74, 6) is -6.48. The highest BCUT2D eigenvalue weighted by molar-refractivity contribution is 7.92. The Kier molecular flexibility index (Phi) is 7.52. The Morgan fingerprint density at radius 3 is 2.25 bits per heavy atom. The normalized spacial score (nSPS) is 27.8. The fraction of sp³-hybridized carbons (Fsp3) is 0.429. The second-order valence-electron chi connectivity index (χ2n) is 10.9. The predicted molar refractivity (Wildman–Crippen MR) is 142 cm³/mol. The zero-order valence-electron chi connectivity index (χ0n) is 21.5. The lowest BCUT2D eigenvalue weighted by Crippen LogP contribution is -2.70. The Morgan fingerprint density at radius 2 is 1.65 bits per heavy atom. The minimum atomic E-state index is -4.05. The number of sulfone groups is 1. The minimum Gasteiger partial charge on any atom is -0.387 e. The highest BCUT2D eigenvalue weighted by Crippen LogP contribution is 2.59. The number of aliphatic hydroxyl groups is 1. The van der Waals surface area contributed by atoms with E-state index in [2.05, 4.69) is 10.6 Å². The Bertz CT molecular complexity index is 1470. The van der Waals surface area contributed by atoms with Gasteiger partial charge >= 0.3 is 0 Å². The topological polar surface area (TPSA) is 113 Å². The molecule has 40 heavy (non-hydrogen) atoms. The third kappa shape index (κ3) is 4.92. The molecule has 0 radical (unpaired) electrons. The van der Waals surface area contributed by atoms with E-state index < -0.39 is 44.0 Å². The number of amides is 2. The molecule has 6 rings (SSSR count). The number of fused-ring (bicyclic) bond motifs is 2. The highest BCUT2D eigenvalue weighted by atomic mass is 35.5. The van der Waals surface area contributed by atoms with Gasteiger partial charge in [0.25, 0.3) is 5.91 Å². The highest BCUT2D eigenvalue weighted by Gasteiger charge is 2.64. The van der Waals surface area contributed by atoms with E-state index in [1.807, 2.05) is 19.1 Å². The van der Waals surface area contributed by atoms with Gasteiger partial charge in [-0.25, -0.2) is 21.6 Å². The van der Waals surface area contributed by atoms with Crippen molar-refractivity contribution >= 4 is 38.9 Å². The van der Waals surface area contributed by atoms with Crippen LogP contribution in [0.2, 0.25) is 5.02 Å². The van der Waals surface area contributed by atoms with Crippen molar-refractivity contribution in [2.24, 2.45) is 23.7 Å². The molecule has 2 amide bonds. The van der Waals surface area contributed by atoms with Gasteiger partial charge in [-0.05, 0) is 61.6 Å². The molecule has 0 aromatic heterocycles. The van der Waals surface area contributed by atoms with Gasteiger partial charge < -0.3 is 15.7 Å². The summed E-state index contributed by atoms with van der Waals surface area (Å²) in [6.45, 7) is 2.00. The molecule has 7 nitrogen and oxygen atoms in total. The number of carbonyl (C=O) groups is 2. The lowest BCUT2D eigenvalue weighted by Gasteiger charge is -2.62. The van der Waals surface area contributed by atoms with Crippen LogP contribution in [0.15, 0.2) is 47.4 Å². The first kappa shape index (κ1) is 28.6. The fourth-order valence-electron chi connectivity index (χ4n) is 6.44. The summed E-state index contributed by atoms with van der Waals surface area (Å²) in [6.07, 6.45) is 5.50. The molecule has 0 saturated heterocycles. The molecule has 2 atom stereocenters. The van der Waals surface area contributed by atoms with Gasteiger partial charge in [0.2, 0.25) is 5.91 Å². The molecule has 0 heterocycles. The molecule has 4 aliphatic rings. The number of carbonyl (C=O) groups excluding carboxylic acids is 2. The van der Waals surface area contributed by atoms with E-state index in [-0.39, 0.29) is 70.1 Å². The number of benzene rings is 2. The Labute approximate surface area is 234 Å². The molecule has 2 bridgehead atoms. The van der Waals surface area contributed by atoms with Crippen LogP contribution in [0.3, 0.4) is 0 Å². The van der Waals surface area contributed by atoms with Gasteiger partial charge in [-0.1, -0.05) is 30.7 Å². The summed E-state index contributed by atoms with van der Waals surface area (Å²) in [6, 6.07) is 4.80. The predicted octanol–water partition coefficient (Wildman–Crippen LogP) is 4.64. The second kappa shape index (κ2) is 10.5. The van der Waals surface area contributed by atoms with Crippen molar-refractivity contribution < 1.29 is 36.3 Å². The molecule has 3 saturated carbocycles. The first-order valence-electron chi connectivity index (χ1n) is 13.0. The molecule has 2 aromatic carbocycles. The summed E-state index contributed by atoms with van der Waals surface area (Å²) in [5.41, 5.74) is -1.70. The third-order valence-corrected chi connectivity index (χ3v) is 11.3. The van der Waals surface area contributed by atoms with Crippen LogP contribution in [-0.4, -0.2) is 42.7 Å². The molecule has 2 unspecified atom stereocenters. The van der Waals surface area contributed by atoms with Crippen LogP contribution in [-0.2, 0) is 14.6 Å². The molecule has 214 valence electrons. The maximum Gasteiger partial charge on any atom is 0.255 e. The van der Waals surface area contributed by atoms with E-state index in [0.717, 1.165) is 6.07 Å². The second-order valence-corrected chi connectivity index (χ2v) is 13.5. The molecule has 3 fully saturated rings. The van der Waals surface area contributed by atoms with Crippen LogP contribution in [0.5, 0.6) is 0 Å². The molecular weight excluding hydrogens is 569 g/mol. The van der Waals surface area contributed by atoms with Crippen molar-refractivity contribution in [1.29, 1.82) is 0 Å². The lowest BCUT2D eigenvalue weighted by molar-refractivity contribution is -0.213. The average molecular weight is 597 g/mol. The van der Waals surface area contributed by atoms with Crippen LogP contribution in [0, 0.1) is 41.1 Å². The Morgan fingerprint density at radius 1 is 1.05 bits per heavy atom. The van der Waals surface area contributed by atoms with E-state index in [1.165, 1.54) is 12.1 Å². The van der Waals surface area contributed by atoms with Crippen molar-refractivity contribution in [2.75, 3.05) is 11.9 Å². The summed E-state index contributed by atoms with van der Waals surface area (Å²) in [5, 5.41) is 15.5. The molecule has 12 heteroatoms. The van der Waals surface area contributed by atoms with Crippen LogP contribution >= 0.6 is 11.6 Å². The van der Waals surface area contributed by atoms with Crippen molar-refractivity contribution in [1.82, 2.24) is 5.32 Å². The standard InChI is InChI=1S/C28H28ClF3N2O5S/c1-14-19-11-18(12-20(14)28(19,37)13-33-26(35)15-4-2-3-5-15)40(38,39)24-8-16(6-7-21(24)29)27(36)34-17-9-22(30)25(32)23(31)10-17/h2-3,6-10,14-15,18-20,37H,4-5,11-13H2,1H3,(H,33,35)(H,34,36)/t14-,18?,19?,20?,28+. The van der Waals surface area contributed by atoms with Crippen molar-refractivity contribution in [3.05, 3.63) is 70.5 Å². The number of halogens is 4. The fourth-order valence-corrected chi connectivity index (χ4v) is 8.79. The zero-order valence-corrected chi connectivity index (χ0v) is 23.0. The van der Waals surface area contributed by atoms with E-state index in [9.17, 15) is 36.3 Å². The number of rotatable bonds is 7. The van der Waals surface area contributed by atoms with Gasteiger partial charge in [0, 0.05) is 35.8 Å². The van der Waals surface area contributed by atoms with Gasteiger partial charge in [-0.15, -0.1) is 0 Å². The Hall–Kier alpha value is -2.89. The SMILES string of the molecule is C[C@H]1C2CC(S(=O)(=O)c3cc(C(=O)Nc4cc(F)c(F)c(F)c4)ccc3Cl)CC1[C@@]2(O)CNC(=O)C1CC=CC1. The van der Waals surface area contributed by atoms with E-state index in [1.54, 1.807) is 0 Å². The number of allylic oxidation sites excluding steroid dienone is 2. The number of hydrogen-bond acceptors (Lipinski definition) is 5. The zero-order chi connectivity index (χ0) is 29.0. The lowest BCUT2D eigenvalue weighted by atomic mass is 9.48. The summed E-state index contributed by atoms with van der Waals surface area (Å²) >= 11 is 6.25. The molecule has 4 aliphatic carbocycles. The van der Waals surface area contributed by atoms with Crippen molar-refractivity contribution in [3.63, 3.8) is 0 Å². The summed E-state index contributed by atoms with van der Waals surface area (Å²) in [7, 11) is -4.05. The van der Waals surface area contributed by atoms with Gasteiger partial charge in [0.1, 0.15) is 0 Å².